The fraction of sp³-hybridized carbons (Fsp3) is 0.250. The third-order valence-corrected chi connectivity index (χ3v) is 2.82. The van der Waals surface area contributed by atoms with Crippen molar-refractivity contribution in [1.82, 2.24) is 4.98 Å². The van der Waals surface area contributed by atoms with Crippen LogP contribution in [0, 0.1) is 6.92 Å². The van der Waals surface area contributed by atoms with Gasteiger partial charge in [0.1, 0.15) is 17.0 Å². The Balaban J connectivity index is 2.97. The van der Waals surface area contributed by atoms with Gasteiger partial charge in [-0.3, -0.25) is 0 Å². The van der Waals surface area contributed by atoms with Crippen LogP contribution in [0.5, 0.6) is 11.5 Å². The van der Waals surface area contributed by atoms with E-state index in [1.54, 1.807) is 26.4 Å². The molecule has 90 valence electrons. The summed E-state index contributed by atoms with van der Waals surface area (Å²) in [5.41, 5.74) is 8.04. The molecule has 0 spiro atoms. The summed E-state index contributed by atoms with van der Waals surface area (Å²) in [5, 5.41) is 1.14. The summed E-state index contributed by atoms with van der Waals surface area (Å²) in [6, 6.07) is 3.45. The van der Waals surface area contributed by atoms with Gasteiger partial charge >= 0.3 is 0 Å². The Morgan fingerprint density at radius 1 is 1.24 bits per heavy atom. The number of aromatic nitrogens is 1. The number of benzene rings is 1. The predicted molar refractivity (Wildman–Crippen MR) is 69.0 cm³/mol. The van der Waals surface area contributed by atoms with Crippen LogP contribution in [0.3, 0.4) is 0 Å². The summed E-state index contributed by atoms with van der Waals surface area (Å²) >= 11 is 6.11. The summed E-state index contributed by atoms with van der Waals surface area (Å²) < 4.78 is 10.5. The zero-order valence-electron chi connectivity index (χ0n) is 9.87. The minimum Gasteiger partial charge on any atom is -0.494 e. The fourth-order valence-electron chi connectivity index (χ4n) is 1.84. The van der Waals surface area contributed by atoms with E-state index in [1.807, 2.05) is 6.92 Å². The number of pyridine rings is 1. The zero-order valence-corrected chi connectivity index (χ0v) is 10.6. The summed E-state index contributed by atoms with van der Waals surface area (Å²) in [5.74, 6) is 1.11. The monoisotopic (exact) mass is 252 g/mol. The van der Waals surface area contributed by atoms with Crippen LogP contribution in [0.1, 0.15) is 5.69 Å². The molecule has 1 aromatic heterocycles. The average Bonchev–Trinajstić information content (AvgIpc) is 2.28. The zero-order chi connectivity index (χ0) is 12.6. The molecule has 0 saturated carbocycles. The normalized spacial score (nSPS) is 10.6. The Labute approximate surface area is 104 Å². The lowest BCUT2D eigenvalue weighted by Gasteiger charge is -2.13. The molecule has 0 saturated heterocycles. The van der Waals surface area contributed by atoms with Crippen molar-refractivity contribution in [1.29, 1.82) is 0 Å². The number of rotatable bonds is 2. The molecule has 0 fully saturated rings. The molecule has 0 aliphatic carbocycles. The molecular formula is C12H13ClN2O2. The fourth-order valence-corrected chi connectivity index (χ4v) is 2.11. The van der Waals surface area contributed by atoms with Crippen LogP contribution in [0.25, 0.3) is 10.9 Å². The van der Waals surface area contributed by atoms with E-state index in [9.17, 15) is 0 Å². The van der Waals surface area contributed by atoms with Crippen LogP contribution < -0.4 is 15.2 Å². The predicted octanol–water partition coefficient (Wildman–Crippen LogP) is 2.80. The first-order chi connectivity index (χ1) is 8.08. The van der Waals surface area contributed by atoms with Crippen molar-refractivity contribution in [2.45, 2.75) is 6.92 Å². The number of methoxy groups -OCH3 is 2. The Morgan fingerprint density at radius 2 is 1.94 bits per heavy atom. The molecule has 0 aliphatic heterocycles. The van der Waals surface area contributed by atoms with Crippen LogP contribution in [-0.2, 0) is 0 Å². The number of ether oxygens (including phenoxy) is 2. The van der Waals surface area contributed by atoms with Crippen molar-refractivity contribution in [3.8, 4) is 11.5 Å². The molecule has 5 heteroatoms. The van der Waals surface area contributed by atoms with E-state index in [0.717, 1.165) is 5.69 Å². The topological polar surface area (TPSA) is 57.4 Å². The van der Waals surface area contributed by atoms with E-state index in [2.05, 4.69) is 4.98 Å². The van der Waals surface area contributed by atoms with E-state index < -0.39 is 0 Å². The molecule has 1 heterocycles. The molecule has 0 unspecified atom stereocenters. The van der Waals surface area contributed by atoms with Gasteiger partial charge in [-0.05, 0) is 13.0 Å². The maximum atomic E-state index is 6.11. The Kier molecular flexibility index (Phi) is 2.98. The lowest BCUT2D eigenvalue weighted by molar-refractivity contribution is 0.410. The molecule has 1 aromatic carbocycles. The lowest BCUT2D eigenvalue weighted by Crippen LogP contribution is -1.98. The molecule has 0 radical (unpaired) electrons. The SMILES string of the molecule is COc1cc(Cl)c(OC)c2c(N)cc(C)nc12. The first-order valence-corrected chi connectivity index (χ1v) is 5.43. The van der Waals surface area contributed by atoms with Gasteiger partial charge in [0.25, 0.3) is 0 Å². The average molecular weight is 253 g/mol. The summed E-state index contributed by atoms with van der Waals surface area (Å²) in [7, 11) is 3.12. The van der Waals surface area contributed by atoms with E-state index in [4.69, 9.17) is 26.8 Å². The molecular weight excluding hydrogens is 240 g/mol. The molecule has 2 N–H and O–H groups in total. The highest BCUT2D eigenvalue weighted by Gasteiger charge is 2.16. The van der Waals surface area contributed by atoms with E-state index in [1.165, 1.54) is 0 Å². The number of anilines is 1. The summed E-state index contributed by atoms with van der Waals surface area (Å²) in [6.07, 6.45) is 0. The molecule has 2 aromatic rings. The van der Waals surface area contributed by atoms with Crippen molar-refractivity contribution < 1.29 is 9.47 Å². The van der Waals surface area contributed by atoms with Crippen LogP contribution in [-0.4, -0.2) is 19.2 Å². The summed E-state index contributed by atoms with van der Waals surface area (Å²) in [6.45, 7) is 1.87. The largest absolute Gasteiger partial charge is 0.494 e. The highest BCUT2D eigenvalue weighted by atomic mass is 35.5. The number of nitrogens with zero attached hydrogens (tertiary/aromatic N) is 1. The number of hydrogen-bond acceptors (Lipinski definition) is 4. The molecule has 0 amide bonds. The molecule has 0 atom stereocenters. The van der Waals surface area contributed by atoms with Crippen LogP contribution >= 0.6 is 11.6 Å². The van der Waals surface area contributed by atoms with Crippen molar-refractivity contribution in [2.75, 3.05) is 20.0 Å². The molecule has 4 nitrogen and oxygen atoms in total. The van der Waals surface area contributed by atoms with Gasteiger partial charge in [-0.15, -0.1) is 0 Å². The van der Waals surface area contributed by atoms with Gasteiger partial charge in [-0.2, -0.15) is 0 Å². The summed E-state index contributed by atoms with van der Waals surface area (Å²) in [4.78, 5) is 4.41. The van der Waals surface area contributed by atoms with Gasteiger partial charge in [-0.25, -0.2) is 4.98 Å². The van der Waals surface area contributed by atoms with Gasteiger partial charge in [0.15, 0.2) is 0 Å². The first-order valence-electron chi connectivity index (χ1n) is 5.05. The molecule has 17 heavy (non-hydrogen) atoms. The number of fused-ring (bicyclic) bond motifs is 1. The number of halogens is 1. The molecule has 2 rings (SSSR count). The molecule has 0 bridgehead atoms. The van der Waals surface area contributed by atoms with Gasteiger partial charge in [0.05, 0.1) is 24.6 Å². The van der Waals surface area contributed by atoms with E-state index >= 15 is 0 Å². The highest BCUT2D eigenvalue weighted by Crippen LogP contribution is 2.41. The van der Waals surface area contributed by atoms with Crippen molar-refractivity contribution >= 4 is 28.2 Å². The maximum Gasteiger partial charge on any atom is 0.149 e. The van der Waals surface area contributed by atoms with Gasteiger partial charge in [-0.1, -0.05) is 11.6 Å². The van der Waals surface area contributed by atoms with Crippen molar-refractivity contribution in [3.05, 3.63) is 22.8 Å². The van der Waals surface area contributed by atoms with Gasteiger partial charge in [0.2, 0.25) is 0 Å². The lowest BCUT2D eigenvalue weighted by atomic mass is 10.1. The number of aryl methyl sites for hydroxylation is 1. The second-order valence-corrected chi connectivity index (χ2v) is 4.08. The van der Waals surface area contributed by atoms with E-state index in [-0.39, 0.29) is 0 Å². The highest BCUT2D eigenvalue weighted by molar-refractivity contribution is 6.34. The minimum absolute atomic E-state index is 0.453. The van der Waals surface area contributed by atoms with Gasteiger partial charge in [0, 0.05) is 17.4 Å². The second-order valence-electron chi connectivity index (χ2n) is 3.67. The van der Waals surface area contributed by atoms with Crippen molar-refractivity contribution in [3.63, 3.8) is 0 Å². The quantitative estimate of drug-likeness (QED) is 0.893. The number of hydrogen-bond donors (Lipinski definition) is 1. The first kappa shape index (κ1) is 11.8. The Hall–Kier alpha value is -1.68. The number of nitrogen functional groups attached to an aromatic ring is 1. The Bertz CT molecular complexity index is 584. The van der Waals surface area contributed by atoms with Crippen molar-refractivity contribution in [2.24, 2.45) is 0 Å². The smallest absolute Gasteiger partial charge is 0.149 e. The van der Waals surface area contributed by atoms with E-state index in [0.29, 0.717) is 33.1 Å². The third kappa shape index (κ3) is 1.85. The Morgan fingerprint density at radius 3 is 2.53 bits per heavy atom. The van der Waals surface area contributed by atoms with Crippen LogP contribution in [0.15, 0.2) is 12.1 Å². The third-order valence-electron chi connectivity index (χ3n) is 2.54. The van der Waals surface area contributed by atoms with Gasteiger partial charge < -0.3 is 15.2 Å². The van der Waals surface area contributed by atoms with Crippen LogP contribution in [0.2, 0.25) is 5.02 Å². The second kappa shape index (κ2) is 4.30. The maximum absolute atomic E-state index is 6.11. The molecule has 0 aliphatic rings. The minimum atomic E-state index is 0.453. The van der Waals surface area contributed by atoms with Crippen LogP contribution in [0.4, 0.5) is 5.69 Å². The number of nitrogens with two attached hydrogens (primary N) is 1. The standard InChI is InChI=1S/C12H13ClN2O2/c1-6-4-8(14)10-11(15-6)9(16-2)5-7(13)12(10)17-3/h4-5H,1-3H3,(H2,14,15).